The normalized spacial score (nSPS) is 16.1. The first kappa shape index (κ1) is 22.4. The standard InChI is InChI=1S/C19H29N7O.HI/c1-20-19(21-11-12-25(2)16-7-5-4-6-8-16)22-15-9-10-18-23-17(14-27-3)24-26(18)13-15;/h4-8,15H,9-14H2,1-3H3,(H2,20,21,22);1H. The number of methoxy groups -OCH3 is 1. The van der Waals surface area contributed by atoms with Gasteiger partial charge in [-0.1, -0.05) is 18.2 Å². The third-order valence-electron chi connectivity index (χ3n) is 4.68. The van der Waals surface area contributed by atoms with Crippen molar-refractivity contribution >= 4 is 35.6 Å². The van der Waals surface area contributed by atoms with Gasteiger partial charge >= 0.3 is 0 Å². The van der Waals surface area contributed by atoms with Crippen molar-refractivity contribution in [2.45, 2.75) is 32.0 Å². The monoisotopic (exact) mass is 499 g/mol. The molecule has 0 bridgehead atoms. The lowest BCUT2D eigenvalue weighted by Crippen LogP contribution is -2.48. The van der Waals surface area contributed by atoms with Gasteiger partial charge in [0.15, 0.2) is 11.8 Å². The van der Waals surface area contributed by atoms with Gasteiger partial charge in [-0.15, -0.1) is 24.0 Å². The summed E-state index contributed by atoms with van der Waals surface area (Å²) in [5, 5.41) is 11.4. The average molecular weight is 499 g/mol. The number of aromatic nitrogens is 3. The van der Waals surface area contributed by atoms with Crippen molar-refractivity contribution in [2.75, 3.05) is 39.2 Å². The van der Waals surface area contributed by atoms with E-state index in [1.54, 1.807) is 14.2 Å². The van der Waals surface area contributed by atoms with Crippen molar-refractivity contribution < 1.29 is 4.74 Å². The second kappa shape index (κ2) is 11.2. The topological polar surface area (TPSA) is 79.6 Å². The molecule has 1 aliphatic rings. The highest BCUT2D eigenvalue weighted by Crippen LogP contribution is 2.13. The van der Waals surface area contributed by atoms with Gasteiger partial charge in [-0.05, 0) is 18.6 Å². The predicted molar refractivity (Wildman–Crippen MR) is 122 cm³/mol. The van der Waals surface area contributed by atoms with E-state index in [1.165, 1.54) is 5.69 Å². The number of halogens is 1. The van der Waals surface area contributed by atoms with Crippen LogP contribution in [-0.4, -0.2) is 61.1 Å². The van der Waals surface area contributed by atoms with Crippen LogP contribution in [0.3, 0.4) is 0 Å². The van der Waals surface area contributed by atoms with Crippen LogP contribution in [0.2, 0.25) is 0 Å². The Kier molecular flexibility index (Phi) is 8.97. The molecule has 2 heterocycles. The molecule has 0 radical (unpaired) electrons. The molecule has 1 aliphatic heterocycles. The van der Waals surface area contributed by atoms with Gasteiger partial charge in [0.05, 0.1) is 6.54 Å². The number of nitrogens with zero attached hydrogens (tertiary/aromatic N) is 5. The van der Waals surface area contributed by atoms with Crippen molar-refractivity contribution in [3.05, 3.63) is 42.0 Å². The summed E-state index contributed by atoms with van der Waals surface area (Å²) in [6.07, 6.45) is 1.91. The second-order valence-corrected chi connectivity index (χ2v) is 6.70. The summed E-state index contributed by atoms with van der Waals surface area (Å²) >= 11 is 0. The summed E-state index contributed by atoms with van der Waals surface area (Å²) in [4.78, 5) is 11.1. The molecule has 1 unspecified atom stereocenters. The van der Waals surface area contributed by atoms with Crippen LogP contribution in [0.15, 0.2) is 35.3 Å². The first-order chi connectivity index (χ1) is 13.2. The van der Waals surface area contributed by atoms with Crippen LogP contribution < -0.4 is 15.5 Å². The molecule has 0 saturated carbocycles. The Balaban J connectivity index is 0.00000280. The van der Waals surface area contributed by atoms with Crippen LogP contribution in [0.25, 0.3) is 0 Å². The van der Waals surface area contributed by atoms with E-state index in [0.29, 0.717) is 6.61 Å². The fourth-order valence-electron chi connectivity index (χ4n) is 3.21. The minimum absolute atomic E-state index is 0. The van der Waals surface area contributed by atoms with Gasteiger partial charge in [-0.25, -0.2) is 9.67 Å². The number of guanidine groups is 1. The number of para-hydroxylation sites is 1. The van der Waals surface area contributed by atoms with Crippen molar-refractivity contribution in [2.24, 2.45) is 4.99 Å². The zero-order valence-corrected chi connectivity index (χ0v) is 19.1. The molecule has 1 aromatic heterocycles. The Morgan fingerprint density at radius 1 is 1.36 bits per heavy atom. The summed E-state index contributed by atoms with van der Waals surface area (Å²) in [5.41, 5.74) is 1.21. The lowest BCUT2D eigenvalue weighted by molar-refractivity contribution is 0.177. The third kappa shape index (κ3) is 6.06. The number of benzene rings is 1. The van der Waals surface area contributed by atoms with Crippen LogP contribution in [-0.2, 0) is 24.3 Å². The molecule has 1 aromatic carbocycles. The van der Waals surface area contributed by atoms with E-state index >= 15 is 0 Å². The Morgan fingerprint density at radius 3 is 2.86 bits per heavy atom. The molecule has 8 nitrogen and oxygen atoms in total. The van der Waals surface area contributed by atoms with Crippen LogP contribution >= 0.6 is 24.0 Å². The maximum absolute atomic E-state index is 5.12. The highest BCUT2D eigenvalue weighted by Gasteiger charge is 2.22. The molecule has 1 atom stereocenters. The molecule has 9 heteroatoms. The number of hydrogen-bond donors (Lipinski definition) is 2. The number of hydrogen-bond acceptors (Lipinski definition) is 5. The largest absolute Gasteiger partial charge is 0.377 e. The van der Waals surface area contributed by atoms with Crippen LogP contribution in [0.1, 0.15) is 18.1 Å². The summed E-state index contributed by atoms with van der Waals surface area (Å²) < 4.78 is 7.10. The Hall–Kier alpha value is -1.88. The predicted octanol–water partition coefficient (Wildman–Crippen LogP) is 1.66. The van der Waals surface area contributed by atoms with Gasteiger partial charge in [-0.3, -0.25) is 4.99 Å². The zero-order chi connectivity index (χ0) is 19.1. The number of aryl methyl sites for hydroxylation is 1. The Morgan fingerprint density at radius 2 is 2.14 bits per heavy atom. The van der Waals surface area contributed by atoms with Gasteiger partial charge in [0.2, 0.25) is 0 Å². The SMILES string of the molecule is CN=C(NCCN(C)c1ccccc1)NC1CCc2nc(COC)nn2C1.I. The van der Waals surface area contributed by atoms with Crippen molar-refractivity contribution in [1.82, 2.24) is 25.4 Å². The average Bonchev–Trinajstić information content (AvgIpc) is 3.09. The van der Waals surface area contributed by atoms with Gasteiger partial charge < -0.3 is 20.3 Å². The highest BCUT2D eigenvalue weighted by molar-refractivity contribution is 14.0. The van der Waals surface area contributed by atoms with Crippen molar-refractivity contribution in [3.8, 4) is 0 Å². The van der Waals surface area contributed by atoms with E-state index < -0.39 is 0 Å². The van der Waals surface area contributed by atoms with Gasteiger partial charge in [0.1, 0.15) is 12.4 Å². The number of anilines is 1. The zero-order valence-electron chi connectivity index (χ0n) is 16.8. The van der Waals surface area contributed by atoms with Gasteiger partial charge in [0, 0.05) is 52.4 Å². The summed E-state index contributed by atoms with van der Waals surface area (Å²) in [6, 6.07) is 10.7. The number of ether oxygens (including phenoxy) is 1. The van der Waals surface area contributed by atoms with Gasteiger partial charge in [-0.2, -0.15) is 5.10 Å². The third-order valence-corrected chi connectivity index (χ3v) is 4.68. The molecule has 0 amide bonds. The molecule has 154 valence electrons. The van der Waals surface area contributed by atoms with Crippen LogP contribution in [0.4, 0.5) is 5.69 Å². The quantitative estimate of drug-likeness (QED) is 0.343. The number of rotatable bonds is 7. The Bertz CT molecular complexity index is 750. The molecule has 3 rings (SSSR count). The maximum atomic E-state index is 5.12. The van der Waals surface area contributed by atoms with Crippen molar-refractivity contribution in [1.29, 1.82) is 0 Å². The molecule has 0 fully saturated rings. The minimum Gasteiger partial charge on any atom is -0.377 e. The van der Waals surface area contributed by atoms with Crippen LogP contribution in [0, 0.1) is 0 Å². The highest BCUT2D eigenvalue weighted by atomic mass is 127. The molecule has 0 aliphatic carbocycles. The number of likely N-dealkylation sites (N-methyl/N-ethyl adjacent to an activating group) is 1. The molecule has 28 heavy (non-hydrogen) atoms. The first-order valence-electron chi connectivity index (χ1n) is 9.34. The van der Waals surface area contributed by atoms with E-state index in [-0.39, 0.29) is 30.0 Å². The lowest BCUT2D eigenvalue weighted by Gasteiger charge is -2.26. The summed E-state index contributed by atoms with van der Waals surface area (Å²) in [6.45, 7) is 2.94. The molecule has 0 saturated heterocycles. The Labute approximate surface area is 183 Å². The van der Waals surface area contributed by atoms with Gasteiger partial charge in [0.25, 0.3) is 0 Å². The molecule has 0 spiro atoms. The smallest absolute Gasteiger partial charge is 0.191 e. The first-order valence-corrected chi connectivity index (χ1v) is 9.34. The fourth-order valence-corrected chi connectivity index (χ4v) is 3.21. The van der Waals surface area contributed by atoms with E-state index in [1.807, 2.05) is 10.7 Å². The summed E-state index contributed by atoms with van der Waals surface area (Å²) in [7, 11) is 5.56. The fraction of sp³-hybridized carbons (Fsp3) is 0.526. The number of nitrogens with one attached hydrogen (secondary N) is 2. The minimum atomic E-state index is 0. The van der Waals surface area contributed by atoms with Crippen molar-refractivity contribution in [3.63, 3.8) is 0 Å². The van der Waals surface area contributed by atoms with E-state index in [9.17, 15) is 0 Å². The number of fused-ring (bicyclic) bond motifs is 1. The lowest BCUT2D eigenvalue weighted by atomic mass is 10.1. The maximum Gasteiger partial charge on any atom is 0.191 e. The summed E-state index contributed by atoms with van der Waals surface area (Å²) in [5.74, 6) is 2.61. The molecule has 2 N–H and O–H groups in total. The molecular weight excluding hydrogens is 469 g/mol. The second-order valence-electron chi connectivity index (χ2n) is 6.70. The number of aliphatic imine (C=N–C) groups is 1. The van der Waals surface area contributed by atoms with E-state index in [0.717, 1.165) is 50.1 Å². The molecular formula is C19H30IN7O. The molecule has 2 aromatic rings. The van der Waals surface area contributed by atoms with E-state index in [4.69, 9.17) is 4.74 Å². The van der Waals surface area contributed by atoms with E-state index in [2.05, 4.69) is 61.9 Å². The van der Waals surface area contributed by atoms with Crippen LogP contribution in [0.5, 0.6) is 0 Å².